The number of benzene rings is 1. The van der Waals surface area contributed by atoms with Crippen LogP contribution in [0, 0.1) is 6.92 Å². The molecular weight excluding hydrogens is 350 g/mol. The number of carbonyl (C=O) groups excluding carboxylic acids is 1. The average molecular weight is 363 g/mol. The van der Waals surface area contributed by atoms with Crippen molar-refractivity contribution in [3.8, 4) is 10.8 Å². The largest absolute Gasteiger partial charge is 0.420 e. The number of aryl methyl sites for hydroxylation is 1. The normalized spacial score (nSPS) is 11.4. The topological polar surface area (TPSA) is 102 Å². The van der Waals surface area contributed by atoms with Gasteiger partial charge in [0.2, 0.25) is 5.89 Å². The van der Waals surface area contributed by atoms with E-state index in [2.05, 4.69) is 14.9 Å². The molecule has 3 aromatic rings. The Morgan fingerprint density at radius 2 is 1.83 bits per heavy atom. The first-order valence-electron chi connectivity index (χ1n) is 6.89. The van der Waals surface area contributed by atoms with Crippen LogP contribution in [0.3, 0.4) is 0 Å². The van der Waals surface area contributed by atoms with E-state index in [1.54, 1.807) is 37.3 Å². The van der Waals surface area contributed by atoms with Crippen LogP contribution >= 0.6 is 11.3 Å². The van der Waals surface area contributed by atoms with Gasteiger partial charge in [-0.1, -0.05) is 0 Å². The number of anilines is 1. The third-order valence-corrected chi connectivity index (χ3v) is 6.07. The molecule has 124 valence electrons. The fraction of sp³-hybridized carbons (Fsp3) is 0.133. The number of carbonyl (C=O) groups is 1. The molecule has 2 heterocycles. The number of nitrogens with zero attached hydrogens (tertiary/aromatic N) is 2. The molecule has 0 fully saturated rings. The van der Waals surface area contributed by atoms with Crippen molar-refractivity contribution in [2.75, 3.05) is 4.72 Å². The summed E-state index contributed by atoms with van der Waals surface area (Å²) < 4.78 is 32.8. The molecule has 0 bridgehead atoms. The molecular formula is C15H13N3O4S2. The van der Waals surface area contributed by atoms with Crippen molar-refractivity contribution in [1.29, 1.82) is 0 Å². The van der Waals surface area contributed by atoms with Gasteiger partial charge in [-0.3, -0.25) is 9.52 Å². The number of nitrogens with one attached hydrogen (secondary N) is 1. The van der Waals surface area contributed by atoms with E-state index in [0.717, 1.165) is 11.3 Å². The second-order valence-electron chi connectivity index (χ2n) is 4.98. The van der Waals surface area contributed by atoms with Crippen LogP contribution in [-0.2, 0) is 10.0 Å². The molecule has 2 aromatic heterocycles. The first-order chi connectivity index (χ1) is 11.3. The minimum absolute atomic E-state index is 0.0813. The van der Waals surface area contributed by atoms with E-state index in [1.165, 1.54) is 13.0 Å². The van der Waals surface area contributed by atoms with Gasteiger partial charge in [0.15, 0.2) is 5.78 Å². The quantitative estimate of drug-likeness (QED) is 0.699. The molecule has 0 atom stereocenters. The van der Waals surface area contributed by atoms with Crippen molar-refractivity contribution in [3.05, 3.63) is 47.9 Å². The SMILES string of the molecule is CC(=O)c1ccc(NS(=O)(=O)c2ccc(-c3nnc(C)o3)s2)cc1. The Morgan fingerprint density at radius 1 is 1.12 bits per heavy atom. The molecule has 7 nitrogen and oxygen atoms in total. The van der Waals surface area contributed by atoms with Crippen LogP contribution in [0.2, 0.25) is 0 Å². The van der Waals surface area contributed by atoms with Crippen LogP contribution in [0.15, 0.2) is 45.0 Å². The molecule has 9 heteroatoms. The van der Waals surface area contributed by atoms with Crippen molar-refractivity contribution < 1.29 is 17.6 Å². The molecule has 0 saturated carbocycles. The van der Waals surface area contributed by atoms with Crippen molar-refractivity contribution in [1.82, 2.24) is 10.2 Å². The summed E-state index contributed by atoms with van der Waals surface area (Å²) in [5.74, 6) is 0.610. The Bertz CT molecular complexity index is 988. The Morgan fingerprint density at radius 3 is 2.42 bits per heavy atom. The Hall–Kier alpha value is -2.52. The predicted molar refractivity (Wildman–Crippen MR) is 89.6 cm³/mol. The molecule has 3 rings (SSSR count). The van der Waals surface area contributed by atoms with Crippen LogP contribution in [0.4, 0.5) is 5.69 Å². The van der Waals surface area contributed by atoms with Gasteiger partial charge in [0.05, 0.1) is 4.88 Å². The van der Waals surface area contributed by atoms with E-state index in [-0.39, 0.29) is 15.9 Å². The summed E-state index contributed by atoms with van der Waals surface area (Å²) in [6.07, 6.45) is 0. The van der Waals surface area contributed by atoms with Gasteiger partial charge >= 0.3 is 0 Å². The Balaban J connectivity index is 1.83. The standard InChI is InChI=1S/C15H13N3O4S2/c1-9(19)11-3-5-12(6-4-11)18-24(20,21)14-8-7-13(23-14)15-17-16-10(2)22-15/h3-8,18H,1-2H3. The average Bonchev–Trinajstić information content (AvgIpc) is 3.16. The number of rotatable bonds is 5. The highest BCUT2D eigenvalue weighted by atomic mass is 32.2. The van der Waals surface area contributed by atoms with Crippen LogP contribution in [0.1, 0.15) is 23.2 Å². The fourth-order valence-corrected chi connectivity index (χ4v) is 4.24. The summed E-state index contributed by atoms with van der Waals surface area (Å²) in [4.78, 5) is 11.8. The molecule has 0 saturated heterocycles. The maximum absolute atomic E-state index is 12.4. The summed E-state index contributed by atoms with van der Waals surface area (Å²) in [5, 5.41) is 7.59. The van der Waals surface area contributed by atoms with Gasteiger partial charge < -0.3 is 4.42 Å². The molecule has 0 spiro atoms. The summed E-state index contributed by atoms with van der Waals surface area (Å²) in [5.41, 5.74) is 0.895. The summed E-state index contributed by atoms with van der Waals surface area (Å²) in [7, 11) is -3.73. The number of ketones is 1. The van der Waals surface area contributed by atoms with E-state index < -0.39 is 10.0 Å². The number of aromatic nitrogens is 2. The molecule has 0 aliphatic rings. The van der Waals surface area contributed by atoms with Gasteiger partial charge in [0.1, 0.15) is 4.21 Å². The summed E-state index contributed by atoms with van der Waals surface area (Å²) >= 11 is 1.03. The van der Waals surface area contributed by atoms with Crippen molar-refractivity contribution in [2.45, 2.75) is 18.1 Å². The van der Waals surface area contributed by atoms with E-state index in [0.29, 0.717) is 22.0 Å². The Labute approximate surface area is 142 Å². The Kier molecular flexibility index (Phi) is 4.20. The van der Waals surface area contributed by atoms with Gasteiger partial charge in [-0.2, -0.15) is 0 Å². The lowest BCUT2D eigenvalue weighted by Gasteiger charge is -2.06. The maximum atomic E-state index is 12.4. The number of Topliss-reactive ketones (excluding diaryl/α,β-unsaturated/α-hetero) is 1. The summed E-state index contributed by atoms with van der Waals surface area (Å²) in [6.45, 7) is 3.11. The monoisotopic (exact) mass is 363 g/mol. The minimum atomic E-state index is -3.73. The lowest BCUT2D eigenvalue weighted by molar-refractivity contribution is 0.101. The van der Waals surface area contributed by atoms with Gasteiger partial charge in [-0.25, -0.2) is 8.42 Å². The van der Waals surface area contributed by atoms with Gasteiger partial charge in [-0.15, -0.1) is 21.5 Å². The molecule has 0 aliphatic heterocycles. The minimum Gasteiger partial charge on any atom is -0.420 e. The van der Waals surface area contributed by atoms with E-state index in [9.17, 15) is 13.2 Å². The highest BCUT2D eigenvalue weighted by molar-refractivity contribution is 7.94. The first kappa shape index (κ1) is 16.3. The first-order valence-corrected chi connectivity index (χ1v) is 9.19. The lowest BCUT2D eigenvalue weighted by Crippen LogP contribution is -2.11. The van der Waals surface area contributed by atoms with Crippen LogP contribution in [-0.4, -0.2) is 24.4 Å². The molecule has 0 aliphatic carbocycles. The molecule has 0 radical (unpaired) electrons. The molecule has 0 amide bonds. The highest BCUT2D eigenvalue weighted by Crippen LogP contribution is 2.30. The number of hydrogen-bond acceptors (Lipinski definition) is 7. The second kappa shape index (κ2) is 6.17. The zero-order valence-electron chi connectivity index (χ0n) is 12.8. The van der Waals surface area contributed by atoms with E-state index in [1.807, 2.05) is 0 Å². The third-order valence-electron chi connectivity index (χ3n) is 3.13. The number of thiophene rings is 1. The zero-order chi connectivity index (χ0) is 17.3. The number of hydrogen-bond donors (Lipinski definition) is 1. The highest BCUT2D eigenvalue weighted by Gasteiger charge is 2.19. The molecule has 24 heavy (non-hydrogen) atoms. The smallest absolute Gasteiger partial charge is 0.271 e. The molecule has 1 aromatic carbocycles. The predicted octanol–water partition coefficient (Wildman–Crippen LogP) is 3.11. The van der Waals surface area contributed by atoms with E-state index in [4.69, 9.17) is 4.42 Å². The van der Waals surface area contributed by atoms with E-state index >= 15 is 0 Å². The number of sulfonamides is 1. The maximum Gasteiger partial charge on any atom is 0.271 e. The zero-order valence-corrected chi connectivity index (χ0v) is 14.4. The van der Waals surface area contributed by atoms with Crippen LogP contribution in [0.25, 0.3) is 10.8 Å². The molecule has 0 unspecified atom stereocenters. The summed E-state index contributed by atoms with van der Waals surface area (Å²) in [6, 6.07) is 9.33. The van der Waals surface area contributed by atoms with Gasteiger partial charge in [0.25, 0.3) is 15.9 Å². The van der Waals surface area contributed by atoms with Gasteiger partial charge in [0, 0.05) is 18.2 Å². The van der Waals surface area contributed by atoms with Crippen LogP contribution in [0.5, 0.6) is 0 Å². The van der Waals surface area contributed by atoms with Crippen molar-refractivity contribution in [2.24, 2.45) is 0 Å². The van der Waals surface area contributed by atoms with Crippen molar-refractivity contribution in [3.63, 3.8) is 0 Å². The van der Waals surface area contributed by atoms with Gasteiger partial charge in [-0.05, 0) is 43.3 Å². The van der Waals surface area contributed by atoms with Crippen molar-refractivity contribution >= 4 is 32.8 Å². The lowest BCUT2D eigenvalue weighted by atomic mass is 10.1. The molecule has 1 N–H and O–H groups in total. The second-order valence-corrected chi connectivity index (χ2v) is 7.98. The van der Waals surface area contributed by atoms with Crippen LogP contribution < -0.4 is 4.72 Å². The fourth-order valence-electron chi connectivity index (χ4n) is 1.95. The third kappa shape index (κ3) is 3.36.